The van der Waals surface area contributed by atoms with E-state index >= 15 is 0 Å². The molecule has 1 aliphatic heterocycles. The lowest BCUT2D eigenvalue weighted by Crippen LogP contribution is -2.39. The van der Waals surface area contributed by atoms with Crippen LogP contribution in [-0.4, -0.2) is 80.7 Å². The Morgan fingerprint density at radius 3 is 2.63 bits per heavy atom. The summed E-state index contributed by atoms with van der Waals surface area (Å²) in [4.78, 5) is 22.8. The van der Waals surface area contributed by atoms with Crippen molar-refractivity contribution in [1.29, 1.82) is 0 Å². The number of para-hydroxylation sites is 2. The summed E-state index contributed by atoms with van der Waals surface area (Å²) < 4.78 is 13.4. The summed E-state index contributed by atoms with van der Waals surface area (Å²) in [6, 6.07) is 15.5. The number of benzene rings is 2. The summed E-state index contributed by atoms with van der Waals surface area (Å²) in [5, 5.41) is 26.9. The number of hydrogen-bond acceptors (Lipinski definition) is 10. The van der Waals surface area contributed by atoms with Gasteiger partial charge in [-0.15, -0.1) is 0 Å². The molecule has 4 atom stereocenters. The molecule has 13 heteroatoms. The van der Waals surface area contributed by atoms with Crippen molar-refractivity contribution in [3.63, 3.8) is 0 Å². The van der Waals surface area contributed by atoms with E-state index < -0.39 is 24.5 Å². The van der Waals surface area contributed by atoms with E-state index in [1.54, 1.807) is 53.2 Å². The molecule has 2 aromatic carbocycles. The number of pyridine rings is 1. The highest BCUT2D eigenvalue weighted by molar-refractivity contribution is 5.89. The Morgan fingerprint density at radius 2 is 1.85 bits per heavy atom. The van der Waals surface area contributed by atoms with E-state index in [9.17, 15) is 15.0 Å². The van der Waals surface area contributed by atoms with Gasteiger partial charge in [0.2, 0.25) is 0 Å². The number of amides is 2. The molecule has 1 fully saturated rings. The molecule has 4 aromatic rings. The number of nitrogen functional groups attached to an aromatic ring is 2. The molecule has 0 bridgehead atoms. The molecule has 2 aromatic heterocycles. The van der Waals surface area contributed by atoms with Crippen molar-refractivity contribution >= 4 is 34.3 Å². The number of imidazole rings is 1. The number of ether oxygens (including phenoxy) is 2. The van der Waals surface area contributed by atoms with E-state index in [2.05, 4.69) is 20.6 Å². The lowest BCUT2D eigenvalue weighted by molar-refractivity contribution is -0.0421. The van der Waals surface area contributed by atoms with Crippen molar-refractivity contribution < 1.29 is 24.5 Å². The van der Waals surface area contributed by atoms with Crippen LogP contribution in [0.3, 0.4) is 0 Å². The van der Waals surface area contributed by atoms with Crippen LogP contribution in [0.15, 0.2) is 67.1 Å². The zero-order valence-electron chi connectivity index (χ0n) is 22.6. The standard InChI is InChI=1S/C28H34N8O5/c1-35(15-22-24(37)25(38)27(41-22)36-16-33-23-20(30)11-13-31-26(23)36)14-4-12-32-28(39)34-17-7-9-18(10-8-17)40-21-6-3-2-5-19(21)29/h2-3,5-11,13,16,22,24-25,27,37-38H,4,12,14-15,29H2,1H3,(H2,30,31)(H2,32,34,39)/t22-,24-,25-,27-/m1/s1. The van der Waals surface area contributed by atoms with Crippen LogP contribution in [0.1, 0.15) is 12.6 Å². The molecule has 13 nitrogen and oxygen atoms in total. The van der Waals surface area contributed by atoms with Crippen molar-refractivity contribution in [1.82, 2.24) is 24.8 Å². The minimum Gasteiger partial charge on any atom is -0.455 e. The third-order valence-electron chi connectivity index (χ3n) is 6.86. The Kier molecular flexibility index (Phi) is 8.50. The fourth-order valence-electron chi connectivity index (χ4n) is 4.68. The number of aliphatic hydroxyl groups excluding tert-OH is 2. The lowest BCUT2D eigenvalue weighted by Gasteiger charge is -2.22. The summed E-state index contributed by atoms with van der Waals surface area (Å²) in [5.74, 6) is 1.17. The van der Waals surface area contributed by atoms with Crippen LogP contribution in [0.4, 0.5) is 21.9 Å². The molecule has 0 radical (unpaired) electrons. The van der Waals surface area contributed by atoms with Crippen molar-refractivity contribution in [2.75, 3.05) is 43.5 Å². The fraction of sp³-hybridized carbons (Fsp3) is 0.321. The summed E-state index contributed by atoms with van der Waals surface area (Å²) in [5.41, 5.74) is 14.5. The Morgan fingerprint density at radius 1 is 1.07 bits per heavy atom. The van der Waals surface area contributed by atoms with Crippen LogP contribution in [0.25, 0.3) is 11.2 Å². The number of likely N-dealkylation sites (N-methyl/N-ethyl adjacent to an activating group) is 1. The Balaban J connectivity index is 1.04. The van der Waals surface area contributed by atoms with Gasteiger partial charge < -0.3 is 46.7 Å². The van der Waals surface area contributed by atoms with Gasteiger partial charge in [0.1, 0.15) is 35.3 Å². The third kappa shape index (κ3) is 6.49. The van der Waals surface area contributed by atoms with Crippen LogP contribution in [0, 0.1) is 0 Å². The first-order chi connectivity index (χ1) is 19.8. The molecule has 0 unspecified atom stereocenters. The fourth-order valence-corrected chi connectivity index (χ4v) is 4.68. The SMILES string of the molecule is CN(CCCNC(=O)Nc1ccc(Oc2ccccc2N)cc1)C[C@H]1O[C@@H](n2cnc3c(N)ccnc32)[C@H](O)[C@@H]1O. The summed E-state index contributed by atoms with van der Waals surface area (Å²) in [7, 11) is 1.89. The van der Waals surface area contributed by atoms with Crippen molar-refractivity contribution in [2.24, 2.45) is 0 Å². The molecule has 0 aliphatic carbocycles. The molecular weight excluding hydrogens is 528 g/mol. The zero-order chi connectivity index (χ0) is 28.9. The van der Waals surface area contributed by atoms with Gasteiger partial charge in [-0.1, -0.05) is 12.1 Å². The number of carbonyl (C=O) groups excluding carboxylic acids is 1. The number of aliphatic hydroxyl groups is 2. The van der Waals surface area contributed by atoms with E-state index in [4.69, 9.17) is 20.9 Å². The number of nitrogens with two attached hydrogens (primary N) is 2. The number of urea groups is 1. The smallest absolute Gasteiger partial charge is 0.319 e. The normalized spacial score (nSPS) is 20.4. The second kappa shape index (κ2) is 12.4. The van der Waals surface area contributed by atoms with Crippen LogP contribution < -0.4 is 26.8 Å². The number of carbonyl (C=O) groups is 1. The third-order valence-corrected chi connectivity index (χ3v) is 6.86. The maximum Gasteiger partial charge on any atom is 0.319 e. The molecule has 2 amide bonds. The van der Waals surface area contributed by atoms with Crippen molar-refractivity contribution in [3.05, 3.63) is 67.1 Å². The van der Waals surface area contributed by atoms with Gasteiger partial charge in [0.15, 0.2) is 11.9 Å². The van der Waals surface area contributed by atoms with Gasteiger partial charge >= 0.3 is 6.03 Å². The lowest BCUT2D eigenvalue weighted by atomic mass is 10.1. The summed E-state index contributed by atoms with van der Waals surface area (Å²) >= 11 is 0. The van der Waals surface area contributed by atoms with E-state index in [0.29, 0.717) is 65.8 Å². The molecule has 1 aliphatic rings. The number of nitrogens with one attached hydrogen (secondary N) is 2. The van der Waals surface area contributed by atoms with Crippen LogP contribution >= 0.6 is 0 Å². The molecule has 8 N–H and O–H groups in total. The first-order valence-electron chi connectivity index (χ1n) is 13.2. The number of rotatable bonds is 10. The second-order valence-electron chi connectivity index (χ2n) is 9.93. The van der Waals surface area contributed by atoms with Gasteiger partial charge in [-0.3, -0.25) is 4.57 Å². The number of nitrogens with zero attached hydrogens (tertiary/aromatic N) is 4. The van der Waals surface area contributed by atoms with Crippen LogP contribution in [0.2, 0.25) is 0 Å². The van der Waals surface area contributed by atoms with E-state index in [1.165, 1.54) is 6.33 Å². The van der Waals surface area contributed by atoms with Gasteiger partial charge in [0.25, 0.3) is 0 Å². The predicted molar refractivity (Wildman–Crippen MR) is 154 cm³/mol. The van der Waals surface area contributed by atoms with Gasteiger partial charge in [0.05, 0.1) is 17.7 Å². The number of fused-ring (bicyclic) bond motifs is 1. The zero-order valence-corrected chi connectivity index (χ0v) is 22.6. The predicted octanol–water partition coefficient (Wildman–Crippen LogP) is 2.15. The number of aromatic nitrogens is 3. The van der Waals surface area contributed by atoms with Crippen molar-refractivity contribution in [3.8, 4) is 11.5 Å². The molecule has 41 heavy (non-hydrogen) atoms. The van der Waals surface area contributed by atoms with E-state index in [-0.39, 0.29) is 6.03 Å². The highest BCUT2D eigenvalue weighted by Crippen LogP contribution is 2.32. The number of anilines is 3. The van der Waals surface area contributed by atoms with Gasteiger partial charge in [-0.2, -0.15) is 0 Å². The average Bonchev–Trinajstić information content (AvgIpc) is 3.51. The molecule has 5 rings (SSSR count). The number of hydrogen-bond donors (Lipinski definition) is 6. The largest absolute Gasteiger partial charge is 0.455 e. The van der Waals surface area contributed by atoms with Crippen molar-refractivity contribution in [2.45, 2.75) is 31.0 Å². The summed E-state index contributed by atoms with van der Waals surface area (Å²) in [6.07, 6.45) is 0.00952. The maximum absolute atomic E-state index is 12.3. The molecule has 0 spiro atoms. The molecule has 0 saturated carbocycles. The molecular formula is C28H34N8O5. The van der Waals surface area contributed by atoms with Crippen LogP contribution in [-0.2, 0) is 4.74 Å². The highest BCUT2D eigenvalue weighted by atomic mass is 16.6. The van der Waals surface area contributed by atoms with E-state index in [0.717, 1.165) is 0 Å². The topological polar surface area (TPSA) is 186 Å². The second-order valence-corrected chi connectivity index (χ2v) is 9.93. The monoisotopic (exact) mass is 562 g/mol. The minimum absolute atomic E-state index is 0.323. The highest BCUT2D eigenvalue weighted by Gasteiger charge is 2.44. The molecule has 216 valence electrons. The van der Waals surface area contributed by atoms with Gasteiger partial charge in [0, 0.05) is 25.0 Å². The van der Waals surface area contributed by atoms with Gasteiger partial charge in [-0.25, -0.2) is 14.8 Å². The molecule has 3 heterocycles. The van der Waals surface area contributed by atoms with Gasteiger partial charge in [-0.05, 0) is 62.5 Å². The Bertz CT molecular complexity index is 1480. The Labute approximate surface area is 236 Å². The summed E-state index contributed by atoms with van der Waals surface area (Å²) in [6.45, 7) is 1.46. The molecule has 1 saturated heterocycles. The quantitative estimate of drug-likeness (QED) is 0.124. The first-order valence-corrected chi connectivity index (χ1v) is 13.2. The van der Waals surface area contributed by atoms with Crippen LogP contribution in [0.5, 0.6) is 11.5 Å². The maximum atomic E-state index is 12.3. The Hall–Kier alpha value is -4.43. The minimum atomic E-state index is -1.16. The first kappa shape index (κ1) is 28.1. The van der Waals surface area contributed by atoms with E-state index in [1.807, 2.05) is 24.1 Å². The average molecular weight is 563 g/mol.